The van der Waals surface area contributed by atoms with E-state index in [1.54, 1.807) is 11.9 Å². The molecule has 4 rings (SSSR count). The third-order valence-electron chi connectivity index (χ3n) is 5.18. The smallest absolute Gasteiger partial charge is 0.212 e. The van der Waals surface area contributed by atoms with Crippen LogP contribution < -0.4 is 10.0 Å². The molecule has 1 saturated carbocycles. The van der Waals surface area contributed by atoms with Crippen LogP contribution in [0.2, 0.25) is 0 Å². The van der Waals surface area contributed by atoms with Crippen LogP contribution in [0.15, 0.2) is 24.4 Å². The van der Waals surface area contributed by atoms with E-state index in [0.29, 0.717) is 18.3 Å². The van der Waals surface area contributed by atoms with Gasteiger partial charge in [-0.15, -0.1) is 0 Å². The number of carbonyl (C=O) groups is 1. The highest BCUT2D eigenvalue weighted by molar-refractivity contribution is 7.97. The van der Waals surface area contributed by atoms with Crippen molar-refractivity contribution < 1.29 is 4.79 Å². The number of hydrogen-bond donors (Lipinski definition) is 3. The lowest BCUT2D eigenvalue weighted by Gasteiger charge is -2.23. The number of hydrogen-bond acceptors (Lipinski definition) is 5. The van der Waals surface area contributed by atoms with E-state index in [1.165, 1.54) is 5.57 Å². The molecule has 0 saturated heterocycles. The Morgan fingerprint density at radius 3 is 3.08 bits per heavy atom. The number of aromatic nitrogens is 2. The average molecular weight is 367 g/mol. The third kappa shape index (κ3) is 3.48. The van der Waals surface area contributed by atoms with Gasteiger partial charge < -0.3 is 10.3 Å². The van der Waals surface area contributed by atoms with Crippen LogP contribution in [0.3, 0.4) is 0 Å². The van der Waals surface area contributed by atoms with Gasteiger partial charge in [0.05, 0.1) is 11.5 Å². The Balaban J connectivity index is 1.44. The molecule has 2 heterocycles. The predicted octanol–water partition coefficient (Wildman–Crippen LogP) is 3.61. The molecule has 1 atom stereocenters. The maximum Gasteiger partial charge on any atom is 0.212 e. The van der Waals surface area contributed by atoms with Crippen LogP contribution >= 0.6 is 11.9 Å². The van der Waals surface area contributed by atoms with Crippen LogP contribution in [0, 0.1) is 16.7 Å². The first kappa shape index (κ1) is 17.1. The van der Waals surface area contributed by atoms with E-state index in [2.05, 4.69) is 32.2 Å². The normalized spacial score (nSPS) is 21.0. The van der Waals surface area contributed by atoms with E-state index in [-0.39, 0.29) is 5.41 Å². The highest BCUT2D eigenvalue weighted by Crippen LogP contribution is 2.47. The van der Waals surface area contributed by atoms with Crippen molar-refractivity contribution in [2.45, 2.75) is 38.1 Å². The summed E-state index contributed by atoms with van der Waals surface area (Å²) in [6, 6.07) is 6.85. The second-order valence-electron chi connectivity index (χ2n) is 7.06. The van der Waals surface area contributed by atoms with Gasteiger partial charge in [-0.2, -0.15) is 5.26 Å². The number of amides is 1. The number of fused-ring (bicyclic) bond motifs is 1. The SMILES string of the molecule is N#CC1(CSNC2CC=C(c3cc(NC=O)nc4[nH]ccc34)CC2)CC1. The number of H-pyrrole nitrogens is 1. The number of rotatable bonds is 7. The van der Waals surface area contributed by atoms with Crippen LogP contribution in [0.25, 0.3) is 16.6 Å². The maximum atomic E-state index is 10.8. The largest absolute Gasteiger partial charge is 0.346 e. The summed E-state index contributed by atoms with van der Waals surface area (Å²) in [5, 5.41) is 12.9. The number of pyridine rings is 1. The summed E-state index contributed by atoms with van der Waals surface area (Å²) in [5.74, 6) is 1.44. The molecule has 1 unspecified atom stereocenters. The molecule has 2 aliphatic rings. The van der Waals surface area contributed by atoms with E-state index >= 15 is 0 Å². The van der Waals surface area contributed by atoms with Gasteiger partial charge in [-0.25, -0.2) is 4.98 Å². The molecule has 134 valence electrons. The molecule has 1 amide bonds. The van der Waals surface area contributed by atoms with Gasteiger partial charge in [0.25, 0.3) is 0 Å². The van der Waals surface area contributed by atoms with Crippen molar-refractivity contribution in [2.24, 2.45) is 5.41 Å². The van der Waals surface area contributed by atoms with Crippen LogP contribution in [0.4, 0.5) is 5.82 Å². The zero-order valence-electron chi connectivity index (χ0n) is 14.4. The van der Waals surface area contributed by atoms with Crippen molar-refractivity contribution in [1.29, 1.82) is 5.26 Å². The van der Waals surface area contributed by atoms with Crippen LogP contribution in [0.5, 0.6) is 0 Å². The summed E-state index contributed by atoms with van der Waals surface area (Å²) in [6.45, 7) is 0. The molecular formula is C19H21N5OS. The van der Waals surface area contributed by atoms with E-state index in [1.807, 2.05) is 18.3 Å². The fourth-order valence-corrected chi connectivity index (χ4v) is 4.52. The molecular weight excluding hydrogens is 346 g/mol. The summed E-state index contributed by atoms with van der Waals surface area (Å²) in [5.41, 5.74) is 3.15. The van der Waals surface area contributed by atoms with Gasteiger partial charge >= 0.3 is 0 Å². The maximum absolute atomic E-state index is 10.8. The fraction of sp³-hybridized carbons (Fsp3) is 0.421. The number of nitriles is 1. The molecule has 26 heavy (non-hydrogen) atoms. The summed E-state index contributed by atoms with van der Waals surface area (Å²) in [4.78, 5) is 18.3. The molecule has 1 fully saturated rings. The van der Waals surface area contributed by atoms with Crippen molar-refractivity contribution in [3.63, 3.8) is 0 Å². The molecule has 0 aliphatic heterocycles. The molecule has 2 aromatic heterocycles. The van der Waals surface area contributed by atoms with E-state index < -0.39 is 0 Å². The summed E-state index contributed by atoms with van der Waals surface area (Å²) >= 11 is 1.70. The Hall–Kier alpha value is -2.30. The van der Waals surface area contributed by atoms with Crippen molar-refractivity contribution in [1.82, 2.24) is 14.7 Å². The van der Waals surface area contributed by atoms with Gasteiger partial charge in [-0.05, 0) is 55.4 Å². The van der Waals surface area contributed by atoms with Crippen molar-refractivity contribution >= 4 is 40.8 Å². The standard InChI is InChI=1S/C19H21N5OS/c20-10-19(6-7-19)11-26-24-14-3-1-13(2-4-14)16-9-17(22-12-25)23-18-15(16)5-8-21-18/h1,5,8-9,12,14,24H,2-4,6-7,11H2,(H2,21,22,23,25). The third-order valence-corrected chi connectivity index (χ3v) is 6.38. The number of allylic oxidation sites excluding steroid dienone is 1. The molecule has 2 aromatic rings. The van der Waals surface area contributed by atoms with Gasteiger partial charge in [-0.1, -0.05) is 18.0 Å². The molecule has 0 radical (unpaired) electrons. The quantitative estimate of drug-likeness (QED) is 0.513. The summed E-state index contributed by atoms with van der Waals surface area (Å²) in [7, 11) is 0. The predicted molar refractivity (Wildman–Crippen MR) is 104 cm³/mol. The fourth-order valence-electron chi connectivity index (χ4n) is 3.36. The molecule has 7 heteroatoms. The molecule has 6 nitrogen and oxygen atoms in total. The summed E-state index contributed by atoms with van der Waals surface area (Å²) < 4.78 is 3.53. The average Bonchev–Trinajstić information content (AvgIpc) is 3.29. The van der Waals surface area contributed by atoms with Crippen molar-refractivity contribution in [3.8, 4) is 6.07 Å². The van der Waals surface area contributed by atoms with Gasteiger partial charge in [0.2, 0.25) is 6.41 Å². The number of aromatic amines is 1. The van der Waals surface area contributed by atoms with Crippen LogP contribution in [0.1, 0.15) is 37.7 Å². The zero-order valence-corrected chi connectivity index (χ0v) is 15.2. The molecule has 2 aliphatic carbocycles. The molecule has 0 bridgehead atoms. The Morgan fingerprint density at radius 2 is 2.38 bits per heavy atom. The lowest BCUT2D eigenvalue weighted by Crippen LogP contribution is -2.26. The second kappa shape index (κ2) is 7.14. The number of carbonyl (C=O) groups excluding carboxylic acids is 1. The van der Waals surface area contributed by atoms with Gasteiger partial charge in [-0.3, -0.25) is 9.52 Å². The van der Waals surface area contributed by atoms with Crippen LogP contribution in [-0.4, -0.2) is 28.2 Å². The Bertz CT molecular complexity index is 893. The molecule has 3 N–H and O–H groups in total. The van der Waals surface area contributed by atoms with Gasteiger partial charge in [0, 0.05) is 23.4 Å². The zero-order chi connectivity index (χ0) is 18.0. The molecule has 0 spiro atoms. The minimum Gasteiger partial charge on any atom is -0.346 e. The number of nitrogens with zero attached hydrogens (tertiary/aromatic N) is 2. The lowest BCUT2D eigenvalue weighted by molar-refractivity contribution is -0.105. The van der Waals surface area contributed by atoms with E-state index in [4.69, 9.17) is 5.26 Å². The highest BCUT2D eigenvalue weighted by atomic mass is 32.2. The second-order valence-corrected chi connectivity index (χ2v) is 7.87. The van der Waals surface area contributed by atoms with Crippen LogP contribution in [-0.2, 0) is 4.79 Å². The van der Waals surface area contributed by atoms with Gasteiger partial charge in [0.1, 0.15) is 11.5 Å². The molecule has 0 aromatic carbocycles. The lowest BCUT2D eigenvalue weighted by atomic mass is 9.90. The van der Waals surface area contributed by atoms with Crippen molar-refractivity contribution in [3.05, 3.63) is 30.0 Å². The topological polar surface area (TPSA) is 93.6 Å². The number of anilines is 1. The van der Waals surface area contributed by atoms with E-state index in [9.17, 15) is 4.79 Å². The minimum absolute atomic E-state index is 0.0633. The van der Waals surface area contributed by atoms with Gasteiger partial charge in [0.15, 0.2) is 0 Å². The minimum atomic E-state index is -0.0633. The summed E-state index contributed by atoms with van der Waals surface area (Å²) in [6.07, 6.45) is 9.89. The van der Waals surface area contributed by atoms with E-state index in [0.717, 1.165) is 54.5 Å². The Kier molecular flexibility index (Phi) is 4.70. The number of nitrogens with one attached hydrogen (secondary N) is 3. The monoisotopic (exact) mass is 367 g/mol. The Labute approximate surface area is 156 Å². The first-order valence-corrected chi connectivity index (χ1v) is 9.88. The first-order chi connectivity index (χ1) is 12.7. The van der Waals surface area contributed by atoms with Crippen molar-refractivity contribution in [2.75, 3.05) is 11.1 Å². The Morgan fingerprint density at radius 1 is 1.50 bits per heavy atom. The first-order valence-electron chi connectivity index (χ1n) is 8.89. The highest BCUT2D eigenvalue weighted by Gasteiger charge is 2.43.